The molecule has 0 aliphatic carbocycles. The Kier molecular flexibility index (Phi) is 5.76. The van der Waals surface area contributed by atoms with Gasteiger partial charge in [0.2, 0.25) is 10.0 Å². The minimum absolute atomic E-state index is 0.134. The number of hydrogen-bond donors (Lipinski definition) is 1. The van der Waals surface area contributed by atoms with Gasteiger partial charge in [0.25, 0.3) is 5.91 Å². The zero-order chi connectivity index (χ0) is 17.7. The van der Waals surface area contributed by atoms with Crippen molar-refractivity contribution in [3.8, 4) is 0 Å². The number of furan rings is 1. The lowest BCUT2D eigenvalue weighted by atomic mass is 10.2. The number of nitrogens with one attached hydrogen (secondary N) is 1. The topological polar surface area (TPSA) is 88.8 Å². The summed E-state index contributed by atoms with van der Waals surface area (Å²) in [5.41, 5.74) is 0.363. The molecule has 2 rings (SSSR count). The van der Waals surface area contributed by atoms with Gasteiger partial charge in [-0.3, -0.25) is 4.79 Å². The SMILES string of the molecule is CO[C@H](CNC(=O)c1ccc(S(=O)(=O)N(C)C)cc1)c1ccco1. The lowest BCUT2D eigenvalue weighted by Gasteiger charge is -2.14. The van der Waals surface area contributed by atoms with E-state index in [0.29, 0.717) is 11.3 Å². The van der Waals surface area contributed by atoms with Crippen molar-refractivity contribution in [2.75, 3.05) is 27.7 Å². The summed E-state index contributed by atoms with van der Waals surface area (Å²) >= 11 is 0. The van der Waals surface area contributed by atoms with Crippen molar-refractivity contribution >= 4 is 15.9 Å². The third kappa shape index (κ3) is 4.02. The number of sulfonamides is 1. The smallest absolute Gasteiger partial charge is 0.251 e. The molecule has 7 nitrogen and oxygen atoms in total. The molecule has 0 saturated carbocycles. The maximum absolute atomic E-state index is 12.2. The summed E-state index contributed by atoms with van der Waals surface area (Å²) in [5, 5.41) is 2.74. The average molecular weight is 352 g/mol. The first-order valence-electron chi connectivity index (χ1n) is 7.23. The van der Waals surface area contributed by atoms with Crippen molar-refractivity contribution in [3.05, 3.63) is 54.0 Å². The van der Waals surface area contributed by atoms with Crippen molar-refractivity contribution in [2.45, 2.75) is 11.0 Å². The molecule has 1 aromatic carbocycles. The second-order valence-corrected chi connectivity index (χ2v) is 7.41. The van der Waals surface area contributed by atoms with Gasteiger partial charge in [0.15, 0.2) is 0 Å². The van der Waals surface area contributed by atoms with E-state index in [0.717, 1.165) is 4.31 Å². The predicted octanol–water partition coefficient (Wildman–Crippen LogP) is 1.65. The normalized spacial score (nSPS) is 13.0. The molecule has 0 spiro atoms. The van der Waals surface area contributed by atoms with Gasteiger partial charge in [0.1, 0.15) is 11.9 Å². The quantitative estimate of drug-likeness (QED) is 0.818. The van der Waals surface area contributed by atoms with Gasteiger partial charge in [0.05, 0.1) is 17.7 Å². The Balaban J connectivity index is 2.03. The summed E-state index contributed by atoms with van der Waals surface area (Å²) in [7, 11) is 0.926. The number of benzene rings is 1. The molecule has 24 heavy (non-hydrogen) atoms. The van der Waals surface area contributed by atoms with Gasteiger partial charge in [-0.25, -0.2) is 12.7 Å². The standard InChI is InChI=1S/C16H20N2O5S/c1-18(2)24(20,21)13-8-6-12(7-9-13)16(19)17-11-15(22-3)14-5-4-10-23-14/h4-10,15H,11H2,1-3H3,(H,17,19)/t15-/m1/s1. The van der Waals surface area contributed by atoms with Crippen molar-refractivity contribution in [1.29, 1.82) is 0 Å². The molecule has 0 saturated heterocycles. The van der Waals surface area contributed by atoms with Crippen molar-refractivity contribution in [3.63, 3.8) is 0 Å². The molecule has 1 atom stereocenters. The highest BCUT2D eigenvalue weighted by Gasteiger charge is 2.18. The van der Waals surface area contributed by atoms with Crippen molar-refractivity contribution < 1.29 is 22.4 Å². The number of hydrogen-bond acceptors (Lipinski definition) is 5. The number of carbonyl (C=O) groups is 1. The lowest BCUT2D eigenvalue weighted by molar-refractivity contribution is 0.0738. The van der Waals surface area contributed by atoms with Gasteiger partial charge < -0.3 is 14.5 Å². The molecule has 130 valence electrons. The molecule has 0 aliphatic heterocycles. The highest BCUT2D eigenvalue weighted by Crippen LogP contribution is 2.17. The number of nitrogens with zero attached hydrogens (tertiary/aromatic N) is 1. The Bertz CT molecular complexity index is 767. The summed E-state index contributed by atoms with van der Waals surface area (Å²) in [6, 6.07) is 9.27. The van der Waals surface area contributed by atoms with Crippen LogP contribution >= 0.6 is 0 Å². The van der Waals surface area contributed by atoms with E-state index in [2.05, 4.69) is 5.32 Å². The Morgan fingerprint density at radius 1 is 1.25 bits per heavy atom. The fourth-order valence-electron chi connectivity index (χ4n) is 2.05. The van der Waals surface area contributed by atoms with Crippen LogP contribution in [0, 0.1) is 0 Å². The fourth-order valence-corrected chi connectivity index (χ4v) is 2.95. The van der Waals surface area contributed by atoms with Gasteiger partial charge >= 0.3 is 0 Å². The number of amides is 1. The Morgan fingerprint density at radius 2 is 1.92 bits per heavy atom. The zero-order valence-electron chi connectivity index (χ0n) is 13.7. The third-order valence-electron chi connectivity index (χ3n) is 3.49. The molecule has 1 amide bonds. The van der Waals surface area contributed by atoms with Crippen molar-refractivity contribution in [1.82, 2.24) is 9.62 Å². The van der Waals surface area contributed by atoms with Gasteiger partial charge in [-0.1, -0.05) is 0 Å². The maximum atomic E-state index is 12.2. The largest absolute Gasteiger partial charge is 0.467 e. The van der Waals surface area contributed by atoms with Crippen LogP contribution in [-0.4, -0.2) is 46.4 Å². The molecule has 0 unspecified atom stereocenters. The molecule has 1 heterocycles. The highest BCUT2D eigenvalue weighted by molar-refractivity contribution is 7.89. The molecule has 0 radical (unpaired) electrons. The highest BCUT2D eigenvalue weighted by atomic mass is 32.2. The number of carbonyl (C=O) groups excluding carboxylic acids is 1. The van der Waals surface area contributed by atoms with Crippen LogP contribution in [-0.2, 0) is 14.8 Å². The van der Waals surface area contributed by atoms with E-state index in [4.69, 9.17) is 9.15 Å². The first-order valence-corrected chi connectivity index (χ1v) is 8.67. The Labute approximate surface area is 141 Å². The van der Waals surface area contributed by atoms with E-state index >= 15 is 0 Å². The molecular formula is C16H20N2O5S. The van der Waals surface area contributed by atoms with Crippen LogP contribution in [0.3, 0.4) is 0 Å². The molecular weight excluding hydrogens is 332 g/mol. The minimum atomic E-state index is -3.51. The van der Waals surface area contributed by atoms with Crippen LogP contribution in [0.1, 0.15) is 22.2 Å². The van der Waals surface area contributed by atoms with E-state index < -0.39 is 16.1 Å². The third-order valence-corrected chi connectivity index (χ3v) is 5.32. The molecule has 1 N–H and O–H groups in total. The van der Waals surface area contributed by atoms with Crippen LogP contribution in [0.25, 0.3) is 0 Å². The van der Waals surface area contributed by atoms with Gasteiger partial charge in [-0.15, -0.1) is 0 Å². The van der Waals surface area contributed by atoms with E-state index in [1.807, 2.05) is 0 Å². The molecule has 2 aromatic rings. The molecule has 0 fully saturated rings. The van der Waals surface area contributed by atoms with Crippen LogP contribution in [0.5, 0.6) is 0 Å². The summed E-state index contributed by atoms with van der Waals surface area (Å²) in [6.45, 7) is 0.237. The van der Waals surface area contributed by atoms with E-state index in [9.17, 15) is 13.2 Å². The van der Waals surface area contributed by atoms with Crippen LogP contribution in [0.4, 0.5) is 0 Å². The molecule has 0 aliphatic rings. The van der Waals surface area contributed by atoms with E-state index in [1.54, 1.807) is 12.1 Å². The van der Waals surface area contributed by atoms with E-state index in [1.165, 1.54) is 51.7 Å². The van der Waals surface area contributed by atoms with E-state index in [-0.39, 0.29) is 17.3 Å². The first-order chi connectivity index (χ1) is 11.4. The summed E-state index contributed by atoms with van der Waals surface area (Å²) < 4.78 is 35.6. The minimum Gasteiger partial charge on any atom is -0.467 e. The Hall–Kier alpha value is -2.16. The predicted molar refractivity (Wildman–Crippen MR) is 88.1 cm³/mol. The summed E-state index contributed by atoms with van der Waals surface area (Å²) in [6.07, 6.45) is 1.14. The lowest BCUT2D eigenvalue weighted by Crippen LogP contribution is -2.29. The average Bonchev–Trinajstić information content (AvgIpc) is 3.09. The van der Waals surface area contributed by atoms with Crippen LogP contribution in [0.2, 0.25) is 0 Å². The summed E-state index contributed by atoms with van der Waals surface area (Å²) in [5.74, 6) is 0.294. The van der Waals surface area contributed by atoms with Gasteiger partial charge in [0, 0.05) is 26.8 Å². The molecule has 1 aromatic heterocycles. The van der Waals surface area contributed by atoms with Gasteiger partial charge in [-0.05, 0) is 36.4 Å². The monoisotopic (exact) mass is 352 g/mol. The summed E-state index contributed by atoms with van der Waals surface area (Å²) in [4.78, 5) is 12.3. The fraction of sp³-hybridized carbons (Fsp3) is 0.312. The van der Waals surface area contributed by atoms with Crippen LogP contribution in [0.15, 0.2) is 52.0 Å². The second-order valence-electron chi connectivity index (χ2n) is 5.26. The number of ether oxygens (including phenoxy) is 1. The van der Waals surface area contributed by atoms with Crippen LogP contribution < -0.4 is 5.32 Å². The molecule has 0 bridgehead atoms. The Morgan fingerprint density at radius 3 is 2.42 bits per heavy atom. The van der Waals surface area contributed by atoms with Gasteiger partial charge in [-0.2, -0.15) is 0 Å². The number of methoxy groups -OCH3 is 1. The second kappa shape index (κ2) is 7.61. The number of rotatable bonds is 7. The van der Waals surface area contributed by atoms with Crippen molar-refractivity contribution in [2.24, 2.45) is 0 Å². The maximum Gasteiger partial charge on any atom is 0.251 e. The first kappa shape index (κ1) is 18.2. The molecule has 8 heteroatoms. The zero-order valence-corrected chi connectivity index (χ0v) is 14.5.